The van der Waals surface area contributed by atoms with Crippen LogP contribution in [0.5, 0.6) is 0 Å². The van der Waals surface area contributed by atoms with Gasteiger partial charge in [0.2, 0.25) is 0 Å². The molecular weight excluding hydrogens is 345 g/mol. The number of rotatable bonds is 3. The van der Waals surface area contributed by atoms with Gasteiger partial charge in [0.1, 0.15) is 11.5 Å². The van der Waals surface area contributed by atoms with E-state index >= 15 is 0 Å². The minimum absolute atomic E-state index is 0.182. The van der Waals surface area contributed by atoms with Gasteiger partial charge in [-0.15, -0.1) is 0 Å². The molecule has 4 rings (SSSR count). The first-order chi connectivity index (χ1) is 13.0. The second kappa shape index (κ2) is 7.04. The predicted molar refractivity (Wildman–Crippen MR) is 105 cm³/mol. The number of anilines is 2. The Morgan fingerprint density at radius 2 is 2.15 bits per heavy atom. The number of amides is 1. The number of morpholine rings is 1. The molecule has 0 spiro atoms. The predicted octanol–water partition coefficient (Wildman–Crippen LogP) is 4.09. The molecule has 0 bridgehead atoms. The van der Waals surface area contributed by atoms with Gasteiger partial charge in [-0.3, -0.25) is 4.79 Å². The van der Waals surface area contributed by atoms with E-state index in [0.717, 1.165) is 24.3 Å². The Kier molecular flexibility index (Phi) is 4.58. The average Bonchev–Trinajstić information content (AvgIpc) is 3.12. The Bertz CT molecular complexity index is 959. The van der Waals surface area contributed by atoms with Crippen molar-refractivity contribution in [1.82, 2.24) is 4.98 Å². The molecule has 1 unspecified atom stereocenters. The van der Waals surface area contributed by atoms with Crippen LogP contribution in [0.3, 0.4) is 0 Å². The van der Waals surface area contributed by atoms with Crippen molar-refractivity contribution in [3.05, 3.63) is 59.5 Å². The summed E-state index contributed by atoms with van der Waals surface area (Å²) in [5, 5.41) is 3.33. The molecule has 1 aliphatic heterocycles. The first kappa shape index (κ1) is 17.5. The Hall–Kier alpha value is -2.86. The van der Waals surface area contributed by atoms with E-state index in [1.807, 2.05) is 31.2 Å². The number of fused-ring (bicyclic) bond motifs is 1. The van der Waals surface area contributed by atoms with E-state index in [1.54, 1.807) is 12.1 Å². The average molecular weight is 367 g/mol. The smallest absolute Gasteiger partial charge is 0.272 e. The summed E-state index contributed by atoms with van der Waals surface area (Å²) in [6.45, 7) is 6.26. The molecule has 1 amide bonds. The first-order valence-corrected chi connectivity index (χ1v) is 9.07. The molecule has 5 nitrogen and oxygen atoms in total. The Labute approximate surface area is 157 Å². The third-order valence-corrected chi connectivity index (χ3v) is 4.90. The second-order valence-electron chi connectivity index (χ2n) is 6.97. The van der Waals surface area contributed by atoms with Crippen LogP contribution in [0.15, 0.2) is 42.5 Å². The molecular formula is C21H22FN3O2. The van der Waals surface area contributed by atoms with Crippen molar-refractivity contribution in [1.29, 1.82) is 0 Å². The van der Waals surface area contributed by atoms with Crippen LogP contribution in [0.25, 0.3) is 10.9 Å². The van der Waals surface area contributed by atoms with Gasteiger partial charge in [0.05, 0.1) is 18.2 Å². The number of carbonyl (C=O) groups excluding carboxylic acids is 1. The molecule has 1 fully saturated rings. The fourth-order valence-electron chi connectivity index (χ4n) is 3.48. The largest absolute Gasteiger partial charge is 0.375 e. The molecule has 2 N–H and O–H groups in total. The molecule has 2 heterocycles. The lowest BCUT2D eigenvalue weighted by Crippen LogP contribution is -2.41. The summed E-state index contributed by atoms with van der Waals surface area (Å²) >= 11 is 0. The summed E-state index contributed by atoms with van der Waals surface area (Å²) in [7, 11) is 0. The highest BCUT2D eigenvalue weighted by Crippen LogP contribution is 2.24. The fourth-order valence-corrected chi connectivity index (χ4v) is 3.48. The lowest BCUT2D eigenvalue weighted by Gasteiger charge is -2.33. The molecule has 2 aromatic carbocycles. The lowest BCUT2D eigenvalue weighted by atomic mass is 10.1. The Morgan fingerprint density at radius 3 is 2.93 bits per heavy atom. The number of ether oxygens (including phenoxy) is 1. The summed E-state index contributed by atoms with van der Waals surface area (Å²) in [4.78, 5) is 17.9. The molecule has 140 valence electrons. The van der Waals surface area contributed by atoms with Gasteiger partial charge in [-0.1, -0.05) is 12.1 Å². The van der Waals surface area contributed by atoms with Crippen molar-refractivity contribution in [2.45, 2.75) is 20.0 Å². The van der Waals surface area contributed by atoms with E-state index < -0.39 is 0 Å². The number of aryl methyl sites for hydroxylation is 1. The van der Waals surface area contributed by atoms with E-state index in [1.165, 1.54) is 6.07 Å². The molecule has 0 aliphatic carbocycles. The molecule has 1 aromatic heterocycles. The molecule has 0 saturated carbocycles. The summed E-state index contributed by atoms with van der Waals surface area (Å²) in [6.07, 6.45) is 0.182. The van der Waals surface area contributed by atoms with Crippen LogP contribution in [-0.4, -0.2) is 36.7 Å². The fraction of sp³-hybridized carbons (Fsp3) is 0.286. The Morgan fingerprint density at radius 1 is 1.30 bits per heavy atom. The van der Waals surface area contributed by atoms with Crippen LogP contribution in [0, 0.1) is 12.7 Å². The first-order valence-electron chi connectivity index (χ1n) is 9.07. The van der Waals surface area contributed by atoms with E-state index in [9.17, 15) is 9.18 Å². The molecule has 1 atom stereocenters. The maximum Gasteiger partial charge on any atom is 0.272 e. The number of nitrogens with zero attached hydrogens (tertiary/aromatic N) is 1. The Balaban J connectivity index is 1.55. The van der Waals surface area contributed by atoms with Crippen molar-refractivity contribution in [3.8, 4) is 0 Å². The van der Waals surface area contributed by atoms with Gasteiger partial charge in [0, 0.05) is 29.9 Å². The van der Waals surface area contributed by atoms with Gasteiger partial charge in [-0.2, -0.15) is 0 Å². The van der Waals surface area contributed by atoms with Crippen molar-refractivity contribution >= 4 is 28.2 Å². The topological polar surface area (TPSA) is 57.4 Å². The molecule has 1 saturated heterocycles. The number of aromatic nitrogens is 1. The van der Waals surface area contributed by atoms with Gasteiger partial charge >= 0.3 is 0 Å². The van der Waals surface area contributed by atoms with Gasteiger partial charge in [-0.25, -0.2) is 4.39 Å². The minimum Gasteiger partial charge on any atom is -0.375 e. The summed E-state index contributed by atoms with van der Waals surface area (Å²) < 4.78 is 19.6. The molecule has 1 aliphatic rings. The number of halogens is 1. The van der Waals surface area contributed by atoms with E-state index in [4.69, 9.17) is 4.74 Å². The zero-order valence-corrected chi connectivity index (χ0v) is 15.4. The standard InChI is InChI=1S/C21H22FN3O2/c1-13-6-7-18(22)17-11-19(24-20(13)17)21(26)23-15-4-3-5-16(10-15)25-8-9-27-14(2)12-25/h3-7,10-11,14,24H,8-9,12H2,1-2H3,(H,23,26). The summed E-state index contributed by atoms with van der Waals surface area (Å²) in [5.74, 6) is -0.633. The zero-order chi connectivity index (χ0) is 19.0. The molecule has 6 heteroatoms. The molecule has 27 heavy (non-hydrogen) atoms. The van der Waals surface area contributed by atoms with Crippen LogP contribution in [-0.2, 0) is 4.74 Å². The van der Waals surface area contributed by atoms with Gasteiger partial charge in [0.25, 0.3) is 5.91 Å². The highest BCUT2D eigenvalue weighted by molar-refractivity contribution is 6.06. The van der Waals surface area contributed by atoms with Crippen LogP contribution in [0.1, 0.15) is 23.0 Å². The van der Waals surface area contributed by atoms with Crippen LogP contribution in [0.2, 0.25) is 0 Å². The number of hydrogen-bond donors (Lipinski definition) is 2. The van der Waals surface area contributed by atoms with Crippen molar-refractivity contribution < 1.29 is 13.9 Å². The number of carbonyl (C=O) groups is 1. The van der Waals surface area contributed by atoms with Crippen LogP contribution < -0.4 is 10.2 Å². The highest BCUT2D eigenvalue weighted by atomic mass is 19.1. The van der Waals surface area contributed by atoms with Gasteiger partial charge in [0.15, 0.2) is 0 Å². The van der Waals surface area contributed by atoms with Crippen molar-refractivity contribution in [2.75, 3.05) is 29.9 Å². The third kappa shape index (κ3) is 3.53. The molecule has 3 aromatic rings. The molecule has 0 radical (unpaired) electrons. The van der Waals surface area contributed by atoms with E-state index in [-0.39, 0.29) is 17.8 Å². The summed E-state index contributed by atoms with van der Waals surface area (Å²) in [5.41, 5.74) is 3.63. The SMILES string of the molecule is Cc1ccc(F)c2cc(C(=O)Nc3cccc(N4CCOC(C)C4)c3)[nH]c12. The van der Waals surface area contributed by atoms with Gasteiger partial charge in [-0.05, 0) is 49.7 Å². The maximum atomic E-state index is 14.0. The lowest BCUT2D eigenvalue weighted by molar-refractivity contribution is 0.0532. The highest BCUT2D eigenvalue weighted by Gasteiger charge is 2.18. The number of hydrogen-bond acceptors (Lipinski definition) is 3. The second-order valence-corrected chi connectivity index (χ2v) is 6.97. The zero-order valence-electron chi connectivity index (χ0n) is 15.4. The van der Waals surface area contributed by atoms with Gasteiger partial charge < -0.3 is 19.9 Å². The quantitative estimate of drug-likeness (QED) is 0.733. The normalized spacial score (nSPS) is 17.3. The summed E-state index contributed by atoms with van der Waals surface area (Å²) in [6, 6.07) is 12.4. The van der Waals surface area contributed by atoms with E-state index in [0.29, 0.717) is 28.9 Å². The van der Waals surface area contributed by atoms with Crippen molar-refractivity contribution in [2.24, 2.45) is 0 Å². The number of nitrogens with one attached hydrogen (secondary N) is 2. The van der Waals surface area contributed by atoms with Crippen LogP contribution >= 0.6 is 0 Å². The number of aromatic amines is 1. The van der Waals surface area contributed by atoms with E-state index in [2.05, 4.69) is 22.1 Å². The third-order valence-electron chi connectivity index (χ3n) is 4.90. The number of H-pyrrole nitrogens is 1. The van der Waals surface area contributed by atoms with Crippen molar-refractivity contribution in [3.63, 3.8) is 0 Å². The number of benzene rings is 2. The van der Waals surface area contributed by atoms with Crippen LogP contribution in [0.4, 0.5) is 15.8 Å². The maximum absolute atomic E-state index is 14.0. The minimum atomic E-state index is -0.339. The monoisotopic (exact) mass is 367 g/mol.